The maximum absolute atomic E-state index is 11.4. The first kappa shape index (κ1) is 9.76. The van der Waals surface area contributed by atoms with Gasteiger partial charge in [-0.05, 0) is 29.8 Å². The molecule has 0 saturated carbocycles. The Balaban J connectivity index is 2.71. The minimum Gasteiger partial charge on any atom is -0.329 e. The Morgan fingerprint density at radius 3 is 2.71 bits per heavy atom. The Bertz CT molecular complexity index is 524. The van der Waals surface area contributed by atoms with Crippen LogP contribution in [0.25, 0.3) is 0 Å². The van der Waals surface area contributed by atoms with E-state index in [1.165, 1.54) is 18.2 Å². The average Bonchev–Trinajstić information content (AvgIpc) is 2.00. The lowest BCUT2D eigenvalue weighted by Gasteiger charge is -2.14. The summed E-state index contributed by atoms with van der Waals surface area (Å²) in [6.45, 7) is 0. The summed E-state index contributed by atoms with van der Waals surface area (Å²) in [5, 5.41) is 2.86. The van der Waals surface area contributed by atoms with Gasteiger partial charge < -0.3 is 5.32 Å². The van der Waals surface area contributed by atoms with Gasteiger partial charge in [0.15, 0.2) is 0 Å². The Hall–Kier alpha value is -0.780. The molecule has 1 heterocycles. The molecule has 7 heteroatoms. The van der Waals surface area contributed by atoms with E-state index in [-0.39, 0.29) is 10.2 Å². The lowest BCUT2D eigenvalue weighted by atomic mass is 10.3. The number of hydrogen-bond acceptors (Lipinski definition) is 3. The van der Waals surface area contributed by atoms with Gasteiger partial charge in [0.2, 0.25) is 5.29 Å². The second-order valence-corrected chi connectivity index (χ2v) is 4.99. The fraction of sp³-hybridized carbons (Fsp3) is 0. The molecule has 2 rings (SSSR count). The maximum atomic E-state index is 11.4. The monoisotopic (exact) mass is 250 g/mol. The Morgan fingerprint density at radius 2 is 2.00 bits per heavy atom. The highest BCUT2D eigenvalue weighted by atomic mass is 35.5. The summed E-state index contributed by atoms with van der Waals surface area (Å²) in [4.78, 5) is 0.0753. The van der Waals surface area contributed by atoms with Crippen molar-refractivity contribution >= 4 is 44.2 Å². The van der Waals surface area contributed by atoms with Crippen molar-refractivity contribution < 1.29 is 8.42 Å². The van der Waals surface area contributed by atoms with Crippen LogP contribution in [0.5, 0.6) is 0 Å². The SMILES string of the molecule is O=S1(=O)N=C(Cl)Nc2cc(Cl)ccc21. The molecule has 1 aliphatic rings. The van der Waals surface area contributed by atoms with Gasteiger partial charge in [0.1, 0.15) is 4.90 Å². The highest BCUT2D eigenvalue weighted by Gasteiger charge is 2.23. The summed E-state index contributed by atoms with van der Waals surface area (Å²) >= 11 is 11.2. The van der Waals surface area contributed by atoms with Crippen molar-refractivity contribution in [1.82, 2.24) is 0 Å². The summed E-state index contributed by atoms with van der Waals surface area (Å²) in [6.07, 6.45) is 0. The molecule has 0 fully saturated rings. The number of amidine groups is 1. The topological polar surface area (TPSA) is 58.5 Å². The fourth-order valence-electron chi connectivity index (χ4n) is 1.11. The number of hydrogen-bond donors (Lipinski definition) is 1. The largest absolute Gasteiger partial charge is 0.329 e. The highest BCUT2D eigenvalue weighted by molar-refractivity contribution is 7.90. The zero-order valence-corrected chi connectivity index (χ0v) is 8.99. The third kappa shape index (κ3) is 1.58. The standard InChI is InChI=1S/C7H4Cl2N2O2S/c8-4-1-2-6-5(3-4)10-7(9)11-14(6,12)13/h1-3H,(H,10,11). The van der Waals surface area contributed by atoms with Gasteiger partial charge >= 0.3 is 0 Å². The Morgan fingerprint density at radius 1 is 1.29 bits per heavy atom. The molecule has 1 aromatic rings. The van der Waals surface area contributed by atoms with Crippen LogP contribution in [0.2, 0.25) is 5.02 Å². The van der Waals surface area contributed by atoms with Crippen molar-refractivity contribution in [1.29, 1.82) is 0 Å². The van der Waals surface area contributed by atoms with Crippen LogP contribution in [0.3, 0.4) is 0 Å². The van der Waals surface area contributed by atoms with Crippen LogP contribution < -0.4 is 5.32 Å². The number of fused-ring (bicyclic) bond motifs is 1. The summed E-state index contributed by atoms with van der Waals surface area (Å²) in [7, 11) is -3.67. The van der Waals surface area contributed by atoms with Crippen LogP contribution >= 0.6 is 23.2 Å². The van der Waals surface area contributed by atoms with Crippen molar-refractivity contribution in [2.75, 3.05) is 5.32 Å². The molecular formula is C7H4Cl2N2O2S. The smallest absolute Gasteiger partial charge is 0.287 e. The number of nitrogens with one attached hydrogen (secondary N) is 1. The predicted molar refractivity (Wildman–Crippen MR) is 55.5 cm³/mol. The molecule has 4 nitrogen and oxygen atoms in total. The number of halogens is 2. The van der Waals surface area contributed by atoms with E-state index in [2.05, 4.69) is 9.71 Å². The van der Waals surface area contributed by atoms with Crippen LogP contribution in [0.4, 0.5) is 5.69 Å². The highest BCUT2D eigenvalue weighted by Crippen LogP contribution is 2.30. The van der Waals surface area contributed by atoms with Gasteiger partial charge in [-0.2, -0.15) is 8.42 Å². The molecule has 0 radical (unpaired) electrons. The van der Waals surface area contributed by atoms with Gasteiger partial charge in [0, 0.05) is 5.02 Å². The van der Waals surface area contributed by atoms with Crippen LogP contribution in [0, 0.1) is 0 Å². The van der Waals surface area contributed by atoms with Crippen LogP contribution in [-0.2, 0) is 10.0 Å². The van der Waals surface area contributed by atoms with E-state index >= 15 is 0 Å². The van der Waals surface area contributed by atoms with Crippen molar-refractivity contribution in [3.8, 4) is 0 Å². The summed E-state index contributed by atoms with van der Waals surface area (Å²) in [6, 6.07) is 4.34. The lowest BCUT2D eigenvalue weighted by Crippen LogP contribution is -2.16. The number of nitrogens with zero attached hydrogens (tertiary/aromatic N) is 1. The van der Waals surface area contributed by atoms with Gasteiger partial charge in [-0.25, -0.2) is 0 Å². The first-order valence-corrected chi connectivity index (χ1v) is 5.76. The molecule has 0 saturated heterocycles. The summed E-state index contributed by atoms with van der Waals surface area (Å²) in [5.74, 6) is 0. The predicted octanol–water partition coefficient (Wildman–Crippen LogP) is 2.05. The molecule has 0 aliphatic carbocycles. The Kier molecular flexibility index (Phi) is 2.17. The van der Waals surface area contributed by atoms with Crippen molar-refractivity contribution in [2.24, 2.45) is 4.40 Å². The van der Waals surface area contributed by atoms with Gasteiger partial charge in [-0.1, -0.05) is 11.6 Å². The van der Waals surface area contributed by atoms with E-state index in [0.29, 0.717) is 10.7 Å². The quantitative estimate of drug-likeness (QED) is 0.718. The van der Waals surface area contributed by atoms with Gasteiger partial charge in [0.25, 0.3) is 10.0 Å². The molecular weight excluding hydrogens is 247 g/mol. The molecule has 0 bridgehead atoms. The zero-order valence-electron chi connectivity index (χ0n) is 6.66. The first-order chi connectivity index (χ1) is 6.49. The van der Waals surface area contributed by atoms with Crippen LogP contribution in [0.1, 0.15) is 0 Å². The fourth-order valence-corrected chi connectivity index (χ4v) is 2.64. The van der Waals surface area contributed by atoms with Crippen molar-refractivity contribution in [2.45, 2.75) is 4.90 Å². The third-order valence-electron chi connectivity index (χ3n) is 1.66. The normalized spacial score (nSPS) is 18.0. The van der Waals surface area contributed by atoms with Crippen molar-refractivity contribution in [3.05, 3.63) is 23.2 Å². The van der Waals surface area contributed by atoms with Crippen LogP contribution in [-0.4, -0.2) is 13.7 Å². The average molecular weight is 251 g/mol. The third-order valence-corrected chi connectivity index (χ3v) is 3.51. The molecule has 0 atom stereocenters. The Labute approximate surface area is 90.6 Å². The van der Waals surface area contributed by atoms with Gasteiger partial charge in [-0.15, -0.1) is 4.40 Å². The van der Waals surface area contributed by atoms with E-state index < -0.39 is 10.0 Å². The molecule has 0 unspecified atom stereocenters. The first-order valence-electron chi connectivity index (χ1n) is 3.56. The molecule has 0 amide bonds. The molecule has 14 heavy (non-hydrogen) atoms. The molecule has 0 spiro atoms. The molecule has 74 valence electrons. The second kappa shape index (κ2) is 3.12. The van der Waals surface area contributed by atoms with E-state index in [1.807, 2.05) is 0 Å². The summed E-state index contributed by atoms with van der Waals surface area (Å²) < 4.78 is 26.2. The molecule has 1 N–H and O–H groups in total. The zero-order chi connectivity index (χ0) is 10.3. The number of benzene rings is 1. The summed E-state index contributed by atoms with van der Waals surface area (Å²) in [5.41, 5.74) is 0.345. The minimum atomic E-state index is -3.67. The van der Waals surface area contributed by atoms with Crippen molar-refractivity contribution in [3.63, 3.8) is 0 Å². The van der Waals surface area contributed by atoms with E-state index in [4.69, 9.17) is 23.2 Å². The van der Waals surface area contributed by atoms with Gasteiger partial charge in [0.05, 0.1) is 5.69 Å². The number of rotatable bonds is 0. The van der Waals surface area contributed by atoms with E-state index in [1.54, 1.807) is 0 Å². The lowest BCUT2D eigenvalue weighted by molar-refractivity contribution is 0.598. The minimum absolute atomic E-state index is 0.0753. The van der Waals surface area contributed by atoms with E-state index in [9.17, 15) is 8.42 Å². The van der Waals surface area contributed by atoms with E-state index in [0.717, 1.165) is 0 Å². The molecule has 0 aromatic heterocycles. The molecule has 1 aliphatic heterocycles. The maximum Gasteiger partial charge on any atom is 0.287 e. The number of sulfonamides is 1. The number of anilines is 1. The second-order valence-electron chi connectivity index (χ2n) is 2.62. The van der Waals surface area contributed by atoms with Gasteiger partial charge in [-0.3, -0.25) is 0 Å². The molecule has 1 aromatic carbocycles. The van der Waals surface area contributed by atoms with Crippen LogP contribution in [0.15, 0.2) is 27.5 Å².